The Morgan fingerprint density at radius 3 is 2.32 bits per heavy atom. The zero-order valence-electron chi connectivity index (χ0n) is 19.3. The van der Waals surface area contributed by atoms with Crippen LogP contribution in [0.1, 0.15) is 21.5 Å². The average molecular weight is 455 g/mol. The molecule has 34 heavy (non-hydrogen) atoms. The van der Waals surface area contributed by atoms with Crippen molar-refractivity contribution in [3.8, 4) is 5.75 Å². The summed E-state index contributed by atoms with van der Waals surface area (Å²) >= 11 is 0. The number of para-hydroxylation sites is 1. The lowest BCUT2D eigenvalue weighted by molar-refractivity contribution is 0.0955. The van der Waals surface area contributed by atoms with E-state index in [0.29, 0.717) is 12.2 Å². The molecular weight excluding hydrogens is 424 g/mol. The number of hydrazone groups is 1. The molecule has 1 fully saturated rings. The molecule has 0 saturated carbocycles. The number of carbonyl (C=O) groups is 1. The molecule has 6 nitrogen and oxygen atoms in total. The van der Waals surface area contributed by atoms with Gasteiger partial charge in [-0.15, -0.1) is 0 Å². The maximum absolute atomic E-state index is 12.4. The second-order valence-corrected chi connectivity index (χ2v) is 8.16. The van der Waals surface area contributed by atoms with Crippen LogP contribution in [-0.2, 0) is 6.54 Å². The van der Waals surface area contributed by atoms with E-state index in [9.17, 15) is 4.79 Å². The first kappa shape index (κ1) is 23.3. The van der Waals surface area contributed by atoms with Gasteiger partial charge in [0.2, 0.25) is 0 Å². The van der Waals surface area contributed by atoms with Gasteiger partial charge in [-0.1, -0.05) is 43.0 Å². The van der Waals surface area contributed by atoms with Crippen LogP contribution >= 0.6 is 0 Å². The summed E-state index contributed by atoms with van der Waals surface area (Å²) in [7, 11) is 0. The lowest BCUT2D eigenvalue weighted by Crippen LogP contribution is -2.45. The Balaban J connectivity index is 1.23. The molecule has 174 valence electrons. The minimum atomic E-state index is -0.231. The number of hydrogen-bond donors (Lipinski definition) is 1. The number of piperazine rings is 1. The van der Waals surface area contributed by atoms with Gasteiger partial charge in [-0.25, -0.2) is 5.43 Å². The van der Waals surface area contributed by atoms with Crippen LogP contribution in [-0.4, -0.2) is 49.8 Å². The van der Waals surface area contributed by atoms with Crippen molar-refractivity contribution < 1.29 is 9.53 Å². The molecule has 0 atom stereocenters. The Bertz CT molecular complexity index is 1090. The Hall–Kier alpha value is -3.90. The second kappa shape index (κ2) is 11.8. The van der Waals surface area contributed by atoms with E-state index in [1.54, 1.807) is 12.3 Å². The summed E-state index contributed by atoms with van der Waals surface area (Å²) in [6.07, 6.45) is 3.31. The summed E-state index contributed by atoms with van der Waals surface area (Å²) < 4.78 is 5.45. The van der Waals surface area contributed by atoms with E-state index in [0.717, 1.165) is 44.0 Å². The molecule has 4 rings (SSSR count). The third-order valence-corrected chi connectivity index (χ3v) is 5.74. The van der Waals surface area contributed by atoms with Gasteiger partial charge >= 0.3 is 0 Å². The monoisotopic (exact) mass is 454 g/mol. The molecule has 0 unspecified atom stereocenters. The highest BCUT2D eigenvalue weighted by Gasteiger charge is 2.17. The predicted molar refractivity (Wildman–Crippen MR) is 138 cm³/mol. The summed E-state index contributed by atoms with van der Waals surface area (Å²) in [5.41, 5.74) is 6.53. The van der Waals surface area contributed by atoms with Crippen LogP contribution in [0, 0.1) is 0 Å². The van der Waals surface area contributed by atoms with E-state index >= 15 is 0 Å². The number of amides is 1. The Morgan fingerprint density at radius 2 is 1.65 bits per heavy atom. The highest BCUT2D eigenvalue weighted by atomic mass is 16.5. The minimum Gasteiger partial charge on any atom is -0.490 e. The van der Waals surface area contributed by atoms with Crippen molar-refractivity contribution >= 4 is 17.8 Å². The van der Waals surface area contributed by atoms with Crippen molar-refractivity contribution in [2.75, 3.05) is 37.7 Å². The number of hydrogen-bond acceptors (Lipinski definition) is 5. The molecule has 0 bridgehead atoms. The van der Waals surface area contributed by atoms with E-state index in [-0.39, 0.29) is 5.91 Å². The number of anilines is 1. The smallest absolute Gasteiger partial charge is 0.271 e. The summed E-state index contributed by atoms with van der Waals surface area (Å²) in [5, 5.41) is 4.06. The van der Waals surface area contributed by atoms with E-state index in [1.165, 1.54) is 11.3 Å². The van der Waals surface area contributed by atoms with Crippen LogP contribution in [0.4, 0.5) is 5.69 Å². The molecule has 6 heteroatoms. The Morgan fingerprint density at radius 1 is 0.941 bits per heavy atom. The van der Waals surface area contributed by atoms with Crippen LogP contribution < -0.4 is 15.1 Å². The summed E-state index contributed by atoms with van der Waals surface area (Å²) in [4.78, 5) is 17.3. The van der Waals surface area contributed by atoms with Crippen LogP contribution in [0.15, 0.2) is 96.6 Å². The van der Waals surface area contributed by atoms with Crippen LogP contribution in [0.2, 0.25) is 0 Å². The number of rotatable bonds is 9. The summed E-state index contributed by atoms with van der Waals surface area (Å²) in [6.45, 7) is 9.06. The van der Waals surface area contributed by atoms with Gasteiger partial charge in [0.25, 0.3) is 5.91 Å². The fourth-order valence-corrected chi connectivity index (χ4v) is 3.86. The van der Waals surface area contributed by atoms with E-state index < -0.39 is 0 Å². The summed E-state index contributed by atoms with van der Waals surface area (Å²) in [6, 6.07) is 25.8. The number of nitrogens with zero attached hydrogens (tertiary/aromatic N) is 3. The van der Waals surface area contributed by atoms with Gasteiger partial charge in [-0.2, -0.15) is 5.10 Å². The third-order valence-electron chi connectivity index (χ3n) is 5.74. The third kappa shape index (κ3) is 6.56. The van der Waals surface area contributed by atoms with Crippen LogP contribution in [0.25, 0.3) is 0 Å². The molecular formula is C28H30N4O2. The van der Waals surface area contributed by atoms with Crippen LogP contribution in [0.3, 0.4) is 0 Å². The van der Waals surface area contributed by atoms with Gasteiger partial charge in [-0.05, 0) is 59.7 Å². The quantitative estimate of drug-likeness (QED) is 0.297. The van der Waals surface area contributed by atoms with Crippen LogP contribution in [0.5, 0.6) is 5.75 Å². The van der Waals surface area contributed by atoms with E-state index in [1.807, 2.05) is 48.5 Å². The number of carbonyl (C=O) groups excluding carboxylic acids is 1. The first-order chi connectivity index (χ1) is 16.7. The first-order valence-corrected chi connectivity index (χ1v) is 11.5. The van der Waals surface area contributed by atoms with Crippen molar-refractivity contribution in [3.05, 3.63) is 108 Å². The molecule has 3 aromatic rings. The van der Waals surface area contributed by atoms with Gasteiger partial charge in [0, 0.05) is 44.0 Å². The zero-order valence-corrected chi connectivity index (χ0v) is 19.3. The molecule has 3 aromatic carbocycles. The number of benzene rings is 3. The van der Waals surface area contributed by atoms with Gasteiger partial charge in [0.1, 0.15) is 12.4 Å². The number of ether oxygens (including phenoxy) is 1. The molecule has 1 heterocycles. The van der Waals surface area contributed by atoms with E-state index in [4.69, 9.17) is 4.74 Å². The Labute approximate surface area is 201 Å². The van der Waals surface area contributed by atoms with Gasteiger partial charge in [0.15, 0.2) is 0 Å². The van der Waals surface area contributed by atoms with Crippen molar-refractivity contribution in [2.45, 2.75) is 6.54 Å². The molecule has 1 saturated heterocycles. The zero-order chi connectivity index (χ0) is 23.6. The van der Waals surface area contributed by atoms with Gasteiger partial charge < -0.3 is 9.64 Å². The molecule has 1 N–H and O–H groups in total. The van der Waals surface area contributed by atoms with Crippen molar-refractivity contribution in [1.82, 2.24) is 10.3 Å². The van der Waals surface area contributed by atoms with Crippen molar-refractivity contribution in [1.29, 1.82) is 0 Å². The van der Waals surface area contributed by atoms with E-state index in [2.05, 4.69) is 57.2 Å². The minimum absolute atomic E-state index is 0.231. The van der Waals surface area contributed by atoms with Gasteiger partial charge in [0.05, 0.1) is 6.21 Å². The highest BCUT2D eigenvalue weighted by Crippen LogP contribution is 2.17. The normalized spacial score (nSPS) is 14.2. The maximum Gasteiger partial charge on any atom is 0.271 e. The lowest BCUT2D eigenvalue weighted by Gasteiger charge is -2.36. The fraction of sp³-hybridized carbons (Fsp3) is 0.214. The SMILES string of the molecule is C=CCOc1ccc(/C=N\NC(=O)c2ccc(CN3CCN(c4ccccc4)CC3)cc2)cc1. The standard InChI is InChI=1S/C28H30N4O2/c1-2-20-34-27-14-10-23(11-15-27)21-29-30-28(33)25-12-8-24(9-13-25)22-31-16-18-32(19-17-31)26-6-4-3-5-7-26/h2-15,21H,1,16-20,22H2,(H,30,33)/b29-21-. The van der Waals surface area contributed by atoms with Crippen molar-refractivity contribution in [3.63, 3.8) is 0 Å². The largest absolute Gasteiger partial charge is 0.490 e. The Kier molecular flexibility index (Phi) is 8.08. The van der Waals surface area contributed by atoms with Crippen molar-refractivity contribution in [2.24, 2.45) is 5.10 Å². The average Bonchev–Trinajstić information content (AvgIpc) is 2.89. The lowest BCUT2D eigenvalue weighted by atomic mass is 10.1. The molecule has 1 aliphatic heterocycles. The molecule has 0 aromatic heterocycles. The molecule has 1 amide bonds. The molecule has 0 spiro atoms. The second-order valence-electron chi connectivity index (χ2n) is 8.16. The topological polar surface area (TPSA) is 57.2 Å². The number of nitrogens with one attached hydrogen (secondary N) is 1. The predicted octanol–water partition coefficient (Wildman–Crippen LogP) is 4.34. The summed E-state index contributed by atoms with van der Waals surface area (Å²) in [5.74, 6) is 0.532. The molecule has 1 aliphatic rings. The molecule has 0 aliphatic carbocycles. The molecule has 0 radical (unpaired) electrons. The fourth-order valence-electron chi connectivity index (χ4n) is 3.86. The van der Waals surface area contributed by atoms with Gasteiger partial charge in [-0.3, -0.25) is 9.69 Å². The maximum atomic E-state index is 12.4. The first-order valence-electron chi connectivity index (χ1n) is 11.5. The highest BCUT2D eigenvalue weighted by molar-refractivity contribution is 5.94.